The van der Waals surface area contributed by atoms with E-state index in [4.69, 9.17) is 9.57 Å². The summed E-state index contributed by atoms with van der Waals surface area (Å²) in [6.07, 6.45) is 1.72. The van der Waals surface area contributed by atoms with Crippen LogP contribution >= 0.6 is 15.9 Å². The third-order valence-electron chi connectivity index (χ3n) is 5.18. The zero-order chi connectivity index (χ0) is 22.1. The molecule has 4 aromatic carbocycles. The van der Waals surface area contributed by atoms with Gasteiger partial charge in [0, 0.05) is 27.6 Å². The molecule has 0 N–H and O–H groups in total. The van der Waals surface area contributed by atoms with Crippen LogP contribution in [-0.2, 0) is 10.4 Å². The molecule has 4 heteroatoms. The summed E-state index contributed by atoms with van der Waals surface area (Å²) in [7, 11) is 0. The van der Waals surface area contributed by atoms with E-state index in [-0.39, 0.29) is 0 Å². The Kier molecular flexibility index (Phi) is 7.36. The van der Waals surface area contributed by atoms with Crippen LogP contribution in [-0.4, -0.2) is 18.2 Å². The average Bonchev–Trinajstić information content (AvgIpc) is 2.88. The second-order valence-corrected chi connectivity index (χ2v) is 7.97. The van der Waals surface area contributed by atoms with Crippen LogP contribution in [0.5, 0.6) is 5.75 Å². The van der Waals surface area contributed by atoms with E-state index in [0.717, 1.165) is 33.3 Å². The molecule has 0 amide bonds. The minimum Gasteiger partial charge on any atom is -0.492 e. The van der Waals surface area contributed by atoms with E-state index >= 15 is 0 Å². The van der Waals surface area contributed by atoms with Crippen LogP contribution in [0.25, 0.3) is 0 Å². The summed E-state index contributed by atoms with van der Waals surface area (Å²) in [6, 6.07) is 38.4. The molecule has 0 aliphatic carbocycles. The summed E-state index contributed by atoms with van der Waals surface area (Å²) in [5.74, 6) is 0.768. The summed E-state index contributed by atoms with van der Waals surface area (Å²) < 4.78 is 5.83. The monoisotopic (exact) mass is 485 g/mol. The summed E-state index contributed by atoms with van der Waals surface area (Å²) in [5, 5.41) is 5.25. The minimum atomic E-state index is -0.897. The Labute approximate surface area is 197 Å². The fourth-order valence-electron chi connectivity index (χ4n) is 3.71. The Morgan fingerprint density at radius 3 is 1.62 bits per heavy atom. The molecule has 0 saturated heterocycles. The Bertz CT molecular complexity index is 1040. The molecule has 4 aromatic rings. The quantitative estimate of drug-likeness (QED) is 0.113. The highest BCUT2D eigenvalue weighted by atomic mass is 79.9. The lowest BCUT2D eigenvalue weighted by molar-refractivity contribution is 0.0183. The van der Waals surface area contributed by atoms with E-state index in [2.05, 4.69) is 57.5 Å². The number of alkyl halides is 1. The fraction of sp³-hybridized carbons (Fsp3) is 0.107. The Balaban J connectivity index is 1.80. The van der Waals surface area contributed by atoms with Crippen molar-refractivity contribution in [1.29, 1.82) is 0 Å². The molecule has 160 valence electrons. The number of hydrogen-bond acceptors (Lipinski definition) is 3. The van der Waals surface area contributed by atoms with Crippen molar-refractivity contribution in [2.75, 3.05) is 11.9 Å². The highest BCUT2D eigenvalue weighted by Crippen LogP contribution is 2.40. The summed E-state index contributed by atoms with van der Waals surface area (Å²) in [6.45, 7) is 0.577. The second-order valence-electron chi connectivity index (χ2n) is 7.18. The Morgan fingerprint density at radius 2 is 1.12 bits per heavy atom. The van der Waals surface area contributed by atoms with Crippen LogP contribution in [0, 0.1) is 0 Å². The van der Waals surface area contributed by atoms with Gasteiger partial charge in [0.2, 0.25) is 5.60 Å². The summed E-state index contributed by atoms with van der Waals surface area (Å²) in [4.78, 5) is 6.46. The van der Waals surface area contributed by atoms with E-state index in [1.165, 1.54) is 0 Å². The maximum atomic E-state index is 6.46. The molecule has 0 radical (unpaired) electrons. The lowest BCUT2D eigenvalue weighted by atomic mass is 9.80. The fourth-order valence-corrected chi connectivity index (χ4v) is 3.87. The van der Waals surface area contributed by atoms with E-state index in [1.54, 1.807) is 6.21 Å². The maximum Gasteiger partial charge on any atom is 0.212 e. The molecular weight excluding hydrogens is 462 g/mol. The van der Waals surface area contributed by atoms with Crippen LogP contribution in [0.15, 0.2) is 120 Å². The number of nitrogens with zero attached hydrogens (tertiary/aromatic N) is 1. The topological polar surface area (TPSA) is 30.8 Å². The lowest BCUT2D eigenvalue weighted by Crippen LogP contribution is -2.31. The number of hydrogen-bond donors (Lipinski definition) is 0. The molecule has 0 aliphatic rings. The van der Waals surface area contributed by atoms with Crippen molar-refractivity contribution in [2.24, 2.45) is 5.16 Å². The van der Waals surface area contributed by atoms with Gasteiger partial charge in [-0.25, -0.2) is 0 Å². The van der Waals surface area contributed by atoms with Gasteiger partial charge in [0.1, 0.15) is 5.75 Å². The van der Waals surface area contributed by atoms with Crippen LogP contribution in [0.4, 0.5) is 0 Å². The number of halogens is 1. The standard InChI is InChI=1S/C28H24BrNO2/c29-20-21-31-27-19-11-10-12-23(27)22-30-32-28(24-13-4-1-5-14-24,25-15-6-2-7-16-25)26-17-8-3-9-18-26/h1-19,22H,20-21H2/b30-22-. The zero-order valence-corrected chi connectivity index (χ0v) is 19.2. The van der Waals surface area contributed by atoms with Crippen molar-refractivity contribution < 1.29 is 9.57 Å². The van der Waals surface area contributed by atoms with E-state index < -0.39 is 5.60 Å². The molecule has 3 nitrogen and oxygen atoms in total. The van der Waals surface area contributed by atoms with Crippen molar-refractivity contribution in [3.05, 3.63) is 138 Å². The predicted molar refractivity (Wildman–Crippen MR) is 134 cm³/mol. The molecule has 0 spiro atoms. The molecule has 4 rings (SSSR count). The van der Waals surface area contributed by atoms with Gasteiger partial charge in [0.05, 0.1) is 12.8 Å². The first kappa shape index (κ1) is 21.8. The normalized spacial score (nSPS) is 11.4. The largest absolute Gasteiger partial charge is 0.492 e. The Hall–Kier alpha value is -3.37. The highest BCUT2D eigenvalue weighted by molar-refractivity contribution is 9.09. The van der Waals surface area contributed by atoms with Gasteiger partial charge < -0.3 is 9.57 Å². The SMILES string of the molecule is BrCCOc1ccccc1/C=N\OC(c1ccccc1)(c1ccccc1)c1ccccc1. The van der Waals surface area contributed by atoms with E-state index in [1.807, 2.05) is 78.9 Å². The molecule has 0 unspecified atom stereocenters. The van der Waals surface area contributed by atoms with Gasteiger partial charge in [-0.15, -0.1) is 0 Å². The first-order valence-electron chi connectivity index (χ1n) is 10.5. The van der Waals surface area contributed by atoms with Gasteiger partial charge in [-0.1, -0.05) is 124 Å². The number of oxime groups is 1. The smallest absolute Gasteiger partial charge is 0.212 e. The van der Waals surface area contributed by atoms with Gasteiger partial charge >= 0.3 is 0 Å². The van der Waals surface area contributed by atoms with Crippen molar-refractivity contribution in [2.45, 2.75) is 5.60 Å². The molecule has 0 atom stereocenters. The first-order valence-corrected chi connectivity index (χ1v) is 11.6. The maximum absolute atomic E-state index is 6.46. The first-order chi connectivity index (χ1) is 15.8. The van der Waals surface area contributed by atoms with Crippen molar-refractivity contribution in [1.82, 2.24) is 0 Å². The molecule has 0 fully saturated rings. The summed E-state index contributed by atoms with van der Waals surface area (Å²) >= 11 is 3.40. The van der Waals surface area contributed by atoms with Crippen molar-refractivity contribution in [3.8, 4) is 5.75 Å². The van der Waals surface area contributed by atoms with Gasteiger partial charge in [-0.2, -0.15) is 0 Å². The van der Waals surface area contributed by atoms with Crippen molar-refractivity contribution in [3.63, 3.8) is 0 Å². The lowest BCUT2D eigenvalue weighted by Gasteiger charge is -2.33. The third kappa shape index (κ3) is 4.76. The average molecular weight is 486 g/mol. The molecule has 0 bridgehead atoms. The van der Waals surface area contributed by atoms with Crippen LogP contribution < -0.4 is 4.74 Å². The van der Waals surface area contributed by atoms with Crippen LogP contribution in [0.2, 0.25) is 0 Å². The predicted octanol–water partition coefficient (Wildman–Crippen LogP) is 6.80. The minimum absolute atomic E-state index is 0.577. The number of para-hydroxylation sites is 1. The molecule has 0 heterocycles. The number of benzene rings is 4. The second kappa shape index (κ2) is 10.8. The van der Waals surface area contributed by atoms with E-state index in [9.17, 15) is 0 Å². The van der Waals surface area contributed by atoms with Gasteiger partial charge in [0.15, 0.2) is 0 Å². The van der Waals surface area contributed by atoms with Gasteiger partial charge in [0.25, 0.3) is 0 Å². The van der Waals surface area contributed by atoms with Gasteiger partial charge in [-0.05, 0) is 12.1 Å². The molecule has 32 heavy (non-hydrogen) atoms. The van der Waals surface area contributed by atoms with Crippen molar-refractivity contribution >= 4 is 22.1 Å². The zero-order valence-electron chi connectivity index (χ0n) is 17.6. The van der Waals surface area contributed by atoms with E-state index in [0.29, 0.717) is 6.61 Å². The molecule has 0 aromatic heterocycles. The third-order valence-corrected chi connectivity index (χ3v) is 5.50. The number of ether oxygens (including phenoxy) is 1. The summed E-state index contributed by atoms with van der Waals surface area (Å²) in [5.41, 5.74) is 2.96. The highest BCUT2D eigenvalue weighted by Gasteiger charge is 2.39. The van der Waals surface area contributed by atoms with Crippen LogP contribution in [0.3, 0.4) is 0 Å². The Morgan fingerprint density at radius 1 is 0.656 bits per heavy atom. The molecule has 0 aliphatic heterocycles. The number of rotatable bonds is 9. The molecular formula is C28H24BrNO2. The van der Waals surface area contributed by atoms with Gasteiger partial charge in [-0.3, -0.25) is 0 Å². The van der Waals surface area contributed by atoms with Crippen LogP contribution in [0.1, 0.15) is 22.3 Å². The molecule has 0 saturated carbocycles.